The average molecular weight is 274 g/mol. The molecule has 1 aromatic rings. The normalized spacial score (nSPS) is 10.7. The molecule has 0 unspecified atom stereocenters. The van der Waals surface area contributed by atoms with Crippen LogP contribution in [0.4, 0.5) is 5.69 Å². The van der Waals surface area contributed by atoms with Gasteiger partial charge in [0.15, 0.2) is 0 Å². The third-order valence-corrected chi connectivity index (χ3v) is 2.34. The van der Waals surface area contributed by atoms with Crippen molar-refractivity contribution < 1.29 is 4.92 Å². The summed E-state index contributed by atoms with van der Waals surface area (Å²) in [6, 6.07) is 1.48. The molecule has 0 saturated carbocycles. The van der Waals surface area contributed by atoms with Gasteiger partial charge in [-0.2, -0.15) is 0 Å². The predicted octanol–water partition coefficient (Wildman–Crippen LogP) is 1.86. The first kappa shape index (κ1) is 12.1. The van der Waals surface area contributed by atoms with Gasteiger partial charge in [0.25, 0.3) is 5.69 Å². The van der Waals surface area contributed by atoms with Crippen LogP contribution in [0.3, 0.4) is 0 Å². The van der Waals surface area contributed by atoms with Crippen LogP contribution in [0.1, 0.15) is 5.69 Å². The van der Waals surface area contributed by atoms with Gasteiger partial charge in [-0.3, -0.25) is 15.1 Å². The van der Waals surface area contributed by atoms with Crippen LogP contribution in [0.15, 0.2) is 16.7 Å². The van der Waals surface area contributed by atoms with Gasteiger partial charge in [-0.25, -0.2) is 0 Å². The summed E-state index contributed by atoms with van der Waals surface area (Å²) < 4.78 is 0.628. The maximum atomic E-state index is 10.7. The zero-order valence-corrected chi connectivity index (χ0v) is 10.2. The van der Waals surface area contributed by atoms with E-state index in [1.54, 1.807) is 6.20 Å². The maximum Gasteiger partial charge on any atom is 0.291 e. The van der Waals surface area contributed by atoms with Gasteiger partial charge in [-0.05, 0) is 30.0 Å². The number of hydrogen-bond acceptors (Lipinski definition) is 4. The molecule has 0 aliphatic carbocycles. The highest BCUT2D eigenvalue weighted by Gasteiger charge is 2.15. The maximum absolute atomic E-state index is 10.7. The fourth-order valence-corrected chi connectivity index (χ4v) is 1.46. The molecular weight excluding hydrogens is 262 g/mol. The van der Waals surface area contributed by atoms with E-state index < -0.39 is 4.92 Å². The second kappa shape index (κ2) is 5.18. The van der Waals surface area contributed by atoms with Crippen LogP contribution in [0.2, 0.25) is 0 Å². The molecule has 15 heavy (non-hydrogen) atoms. The van der Waals surface area contributed by atoms with Crippen LogP contribution >= 0.6 is 15.9 Å². The average Bonchev–Trinajstić information content (AvgIpc) is 2.15. The monoisotopic (exact) mass is 273 g/mol. The smallest absolute Gasteiger partial charge is 0.291 e. The summed E-state index contributed by atoms with van der Waals surface area (Å²) in [4.78, 5) is 16.4. The summed E-state index contributed by atoms with van der Waals surface area (Å²) in [6.45, 7) is 0.746. The fourth-order valence-electron chi connectivity index (χ4n) is 1.14. The minimum absolute atomic E-state index is 0.0752. The van der Waals surface area contributed by atoms with E-state index in [2.05, 4.69) is 20.9 Å². The molecule has 0 saturated heterocycles. The number of nitro groups is 1. The van der Waals surface area contributed by atoms with E-state index in [1.165, 1.54) is 6.07 Å². The number of pyridine rings is 1. The molecular formula is C9H12BrN3O2. The Hall–Kier alpha value is -1.01. The predicted molar refractivity (Wildman–Crippen MR) is 60.8 cm³/mol. The Morgan fingerprint density at radius 3 is 2.80 bits per heavy atom. The van der Waals surface area contributed by atoms with Crippen molar-refractivity contribution in [2.24, 2.45) is 0 Å². The lowest BCUT2D eigenvalue weighted by molar-refractivity contribution is -0.386. The van der Waals surface area contributed by atoms with Gasteiger partial charge in [-0.1, -0.05) is 0 Å². The molecule has 0 spiro atoms. The number of rotatable bonds is 4. The molecule has 5 nitrogen and oxygen atoms in total. The Morgan fingerprint density at radius 1 is 1.60 bits per heavy atom. The molecule has 0 atom stereocenters. The van der Waals surface area contributed by atoms with E-state index >= 15 is 0 Å². The summed E-state index contributed by atoms with van der Waals surface area (Å²) in [5, 5.41) is 10.7. The zero-order valence-electron chi connectivity index (χ0n) is 8.61. The highest BCUT2D eigenvalue weighted by molar-refractivity contribution is 9.10. The zero-order chi connectivity index (χ0) is 11.4. The molecule has 1 heterocycles. The van der Waals surface area contributed by atoms with Crippen molar-refractivity contribution in [2.45, 2.75) is 6.42 Å². The van der Waals surface area contributed by atoms with Gasteiger partial charge in [-0.15, -0.1) is 0 Å². The largest absolute Gasteiger partial charge is 0.309 e. The number of halogens is 1. The molecule has 0 radical (unpaired) electrons. The molecule has 0 aliphatic heterocycles. The first-order chi connectivity index (χ1) is 7.00. The summed E-state index contributed by atoms with van der Waals surface area (Å²) >= 11 is 3.17. The van der Waals surface area contributed by atoms with E-state index in [4.69, 9.17) is 0 Å². The Balaban J connectivity index is 2.91. The summed E-state index contributed by atoms with van der Waals surface area (Å²) in [5.41, 5.74) is 0.600. The van der Waals surface area contributed by atoms with Gasteiger partial charge in [0.2, 0.25) is 0 Å². The lowest BCUT2D eigenvalue weighted by atomic mass is 10.2. The third kappa shape index (κ3) is 3.56. The summed E-state index contributed by atoms with van der Waals surface area (Å²) in [5.74, 6) is 0. The van der Waals surface area contributed by atoms with Crippen molar-refractivity contribution >= 4 is 21.6 Å². The van der Waals surface area contributed by atoms with Gasteiger partial charge in [0.1, 0.15) is 5.69 Å². The minimum Gasteiger partial charge on any atom is -0.309 e. The van der Waals surface area contributed by atoms with Crippen LogP contribution in [0.5, 0.6) is 0 Å². The Kier molecular flexibility index (Phi) is 4.16. The summed E-state index contributed by atoms with van der Waals surface area (Å²) in [6.07, 6.45) is 2.16. The molecule has 0 amide bonds. The minimum atomic E-state index is -0.400. The van der Waals surface area contributed by atoms with E-state index in [9.17, 15) is 10.1 Å². The molecule has 0 aromatic carbocycles. The van der Waals surface area contributed by atoms with Crippen molar-refractivity contribution in [1.29, 1.82) is 0 Å². The van der Waals surface area contributed by atoms with E-state index in [0.717, 1.165) is 6.54 Å². The van der Waals surface area contributed by atoms with Gasteiger partial charge < -0.3 is 4.90 Å². The molecule has 1 rings (SSSR count). The molecule has 6 heteroatoms. The fraction of sp³-hybridized carbons (Fsp3) is 0.444. The lowest BCUT2D eigenvalue weighted by Crippen LogP contribution is -2.16. The van der Waals surface area contributed by atoms with Crippen LogP contribution < -0.4 is 0 Å². The van der Waals surface area contributed by atoms with Crippen LogP contribution in [-0.4, -0.2) is 35.4 Å². The molecule has 0 fully saturated rings. The van der Waals surface area contributed by atoms with E-state index in [0.29, 0.717) is 16.6 Å². The lowest BCUT2D eigenvalue weighted by Gasteiger charge is -2.08. The number of nitrogens with zero attached hydrogens (tertiary/aromatic N) is 3. The Morgan fingerprint density at radius 2 is 2.27 bits per heavy atom. The van der Waals surface area contributed by atoms with Crippen molar-refractivity contribution in [3.8, 4) is 0 Å². The first-order valence-corrected chi connectivity index (χ1v) is 5.23. The van der Waals surface area contributed by atoms with Crippen molar-refractivity contribution in [1.82, 2.24) is 9.88 Å². The highest BCUT2D eigenvalue weighted by atomic mass is 79.9. The van der Waals surface area contributed by atoms with Crippen molar-refractivity contribution in [2.75, 3.05) is 20.6 Å². The molecule has 0 bridgehead atoms. The Labute approximate surface area is 96.4 Å². The molecule has 1 aromatic heterocycles. The highest BCUT2D eigenvalue weighted by Crippen LogP contribution is 2.21. The second-order valence-electron chi connectivity index (χ2n) is 3.43. The van der Waals surface area contributed by atoms with Crippen molar-refractivity contribution in [3.05, 3.63) is 32.5 Å². The van der Waals surface area contributed by atoms with E-state index in [-0.39, 0.29) is 5.69 Å². The van der Waals surface area contributed by atoms with Crippen LogP contribution in [0.25, 0.3) is 0 Å². The Bertz CT molecular complexity index is 368. The van der Waals surface area contributed by atoms with Crippen LogP contribution in [0, 0.1) is 10.1 Å². The van der Waals surface area contributed by atoms with Gasteiger partial charge in [0.05, 0.1) is 4.92 Å². The molecule has 82 valence electrons. The standard InChI is InChI=1S/C9H12BrN3O2/c1-12(2)4-3-8-9(13(14)15)5-7(10)6-11-8/h5-6H,3-4H2,1-2H3. The quantitative estimate of drug-likeness (QED) is 0.621. The first-order valence-electron chi connectivity index (χ1n) is 4.44. The SMILES string of the molecule is CN(C)CCc1ncc(Br)cc1[N+](=O)[O-]. The van der Waals surface area contributed by atoms with Gasteiger partial charge in [0, 0.05) is 29.7 Å². The number of aromatic nitrogens is 1. The summed E-state index contributed by atoms with van der Waals surface area (Å²) in [7, 11) is 3.84. The van der Waals surface area contributed by atoms with Crippen LogP contribution in [-0.2, 0) is 6.42 Å². The van der Waals surface area contributed by atoms with Crippen molar-refractivity contribution in [3.63, 3.8) is 0 Å². The van der Waals surface area contributed by atoms with E-state index in [1.807, 2.05) is 19.0 Å². The third-order valence-electron chi connectivity index (χ3n) is 1.91. The number of hydrogen-bond donors (Lipinski definition) is 0. The second-order valence-corrected chi connectivity index (χ2v) is 4.35. The topological polar surface area (TPSA) is 59.3 Å². The molecule has 0 N–H and O–H groups in total. The number of likely N-dealkylation sites (N-methyl/N-ethyl adjacent to an activating group) is 1. The van der Waals surface area contributed by atoms with Gasteiger partial charge >= 0.3 is 0 Å². The molecule has 0 aliphatic rings.